The van der Waals surface area contributed by atoms with Gasteiger partial charge in [0, 0.05) is 0 Å². The highest BCUT2D eigenvalue weighted by atomic mass is 19.2. The van der Waals surface area contributed by atoms with Crippen molar-refractivity contribution in [2.45, 2.75) is 24.2 Å². The quantitative estimate of drug-likeness (QED) is 0.368. The summed E-state index contributed by atoms with van der Waals surface area (Å²) >= 11 is 0. The molecule has 1 rings (SSSR count). The summed E-state index contributed by atoms with van der Waals surface area (Å²) in [6.07, 6.45) is -4.90. The van der Waals surface area contributed by atoms with Gasteiger partial charge in [0.05, 0.1) is 13.2 Å². The lowest BCUT2D eigenvalue weighted by Crippen LogP contribution is -2.61. The van der Waals surface area contributed by atoms with Crippen LogP contribution in [0.4, 0.5) is 4.39 Å². The van der Waals surface area contributed by atoms with Gasteiger partial charge in [-0.1, -0.05) is 0 Å². The number of aliphatic hydroxyl groups is 4. The standard InChI is InChI=1S/C6H11FO5/c7-6(11)4(9)2-12-3(1-8)5(6)10/h3-5,8-11H,1-2H2/t3-,4+,5+,6-/m1/s1. The maximum absolute atomic E-state index is 13.0. The third kappa shape index (κ3) is 1.44. The Morgan fingerprint density at radius 2 is 2.08 bits per heavy atom. The van der Waals surface area contributed by atoms with Gasteiger partial charge in [0.2, 0.25) is 0 Å². The molecule has 0 bridgehead atoms. The molecule has 5 nitrogen and oxygen atoms in total. The van der Waals surface area contributed by atoms with Crippen molar-refractivity contribution in [2.75, 3.05) is 13.2 Å². The lowest BCUT2D eigenvalue weighted by Gasteiger charge is -2.38. The molecule has 0 radical (unpaired) electrons. The van der Waals surface area contributed by atoms with E-state index in [0.717, 1.165) is 0 Å². The fourth-order valence-corrected chi connectivity index (χ4v) is 1.03. The van der Waals surface area contributed by atoms with Crippen LogP contribution in [0.5, 0.6) is 0 Å². The molecule has 1 heterocycles. The van der Waals surface area contributed by atoms with Crippen molar-refractivity contribution in [3.05, 3.63) is 0 Å². The highest BCUT2D eigenvalue weighted by Crippen LogP contribution is 2.26. The molecule has 6 heteroatoms. The minimum absolute atomic E-state index is 0.449. The fraction of sp³-hybridized carbons (Fsp3) is 1.00. The van der Waals surface area contributed by atoms with Crippen LogP contribution in [0, 0.1) is 0 Å². The Hall–Kier alpha value is -0.270. The van der Waals surface area contributed by atoms with E-state index in [9.17, 15) is 4.39 Å². The Morgan fingerprint density at radius 3 is 2.58 bits per heavy atom. The van der Waals surface area contributed by atoms with E-state index in [2.05, 4.69) is 4.74 Å². The zero-order valence-electron chi connectivity index (χ0n) is 6.22. The van der Waals surface area contributed by atoms with E-state index in [-0.39, 0.29) is 0 Å². The van der Waals surface area contributed by atoms with Crippen LogP contribution in [-0.4, -0.2) is 57.8 Å². The molecule has 0 aliphatic carbocycles. The molecule has 0 unspecified atom stereocenters. The summed E-state index contributed by atoms with van der Waals surface area (Å²) in [4.78, 5) is 0. The number of rotatable bonds is 1. The highest BCUT2D eigenvalue weighted by molar-refractivity contribution is 4.92. The molecule has 0 aromatic heterocycles. The third-order valence-corrected chi connectivity index (χ3v) is 1.88. The van der Waals surface area contributed by atoms with Gasteiger partial charge in [0.25, 0.3) is 5.85 Å². The first-order valence-electron chi connectivity index (χ1n) is 3.50. The van der Waals surface area contributed by atoms with Gasteiger partial charge in [0.1, 0.15) is 18.3 Å². The van der Waals surface area contributed by atoms with Gasteiger partial charge >= 0.3 is 0 Å². The summed E-state index contributed by atoms with van der Waals surface area (Å²) in [6.45, 7) is -1.06. The van der Waals surface area contributed by atoms with Gasteiger partial charge in [-0.15, -0.1) is 0 Å². The van der Waals surface area contributed by atoms with Crippen LogP contribution in [0.25, 0.3) is 0 Å². The number of alkyl halides is 1. The number of aliphatic hydroxyl groups excluding tert-OH is 3. The van der Waals surface area contributed by atoms with E-state index >= 15 is 0 Å². The predicted molar refractivity (Wildman–Crippen MR) is 34.9 cm³/mol. The van der Waals surface area contributed by atoms with Gasteiger partial charge in [0.15, 0.2) is 0 Å². The molecule has 1 saturated heterocycles. The highest BCUT2D eigenvalue weighted by Gasteiger charge is 2.51. The number of hydrogen-bond donors (Lipinski definition) is 4. The lowest BCUT2D eigenvalue weighted by atomic mass is 9.98. The molecule has 0 spiro atoms. The van der Waals surface area contributed by atoms with Crippen molar-refractivity contribution >= 4 is 0 Å². The Balaban J connectivity index is 2.71. The molecule has 1 aliphatic rings. The molecular formula is C6H11FO5. The van der Waals surface area contributed by atoms with Crippen LogP contribution in [0.1, 0.15) is 0 Å². The number of hydrogen-bond acceptors (Lipinski definition) is 5. The van der Waals surface area contributed by atoms with E-state index in [1.807, 2.05) is 0 Å². The maximum Gasteiger partial charge on any atom is 0.264 e. The number of ether oxygens (including phenoxy) is 1. The third-order valence-electron chi connectivity index (χ3n) is 1.88. The average molecular weight is 182 g/mol. The molecule has 1 aliphatic heterocycles. The molecule has 0 amide bonds. The summed E-state index contributed by atoms with van der Waals surface area (Å²) < 4.78 is 17.6. The summed E-state index contributed by atoms with van der Waals surface area (Å²) in [5, 5.41) is 35.2. The predicted octanol–water partition coefficient (Wildman–Crippen LogP) is -2.24. The largest absolute Gasteiger partial charge is 0.394 e. The van der Waals surface area contributed by atoms with E-state index in [4.69, 9.17) is 20.4 Å². The Bertz CT molecular complexity index is 162. The van der Waals surface area contributed by atoms with Gasteiger partial charge in [-0.3, -0.25) is 0 Å². The van der Waals surface area contributed by atoms with Crippen molar-refractivity contribution in [3.8, 4) is 0 Å². The van der Waals surface area contributed by atoms with Crippen molar-refractivity contribution < 1.29 is 29.6 Å². The smallest absolute Gasteiger partial charge is 0.264 e. The minimum atomic E-state index is -3.11. The zero-order valence-corrected chi connectivity index (χ0v) is 6.22. The van der Waals surface area contributed by atoms with Crippen molar-refractivity contribution in [3.63, 3.8) is 0 Å². The second kappa shape index (κ2) is 3.23. The minimum Gasteiger partial charge on any atom is -0.394 e. The Morgan fingerprint density at radius 1 is 1.50 bits per heavy atom. The summed E-state index contributed by atoms with van der Waals surface area (Å²) in [6, 6.07) is 0. The second-order valence-corrected chi connectivity index (χ2v) is 2.74. The molecule has 1 fully saturated rings. The molecule has 0 aromatic carbocycles. The Kier molecular flexibility index (Phi) is 2.64. The topological polar surface area (TPSA) is 90.2 Å². The SMILES string of the molecule is OC[C@H]1OC[C@H](O)[C@](O)(F)[C@H]1O. The molecule has 12 heavy (non-hydrogen) atoms. The summed E-state index contributed by atoms with van der Waals surface area (Å²) in [5.41, 5.74) is 0. The van der Waals surface area contributed by atoms with Crippen LogP contribution in [-0.2, 0) is 4.74 Å². The Labute approximate surface area is 68.0 Å². The van der Waals surface area contributed by atoms with Gasteiger partial charge in [-0.2, -0.15) is 0 Å². The van der Waals surface area contributed by atoms with Crippen LogP contribution in [0.2, 0.25) is 0 Å². The van der Waals surface area contributed by atoms with Crippen LogP contribution in [0.3, 0.4) is 0 Å². The summed E-state index contributed by atoms with van der Waals surface area (Å²) in [5.74, 6) is -3.11. The van der Waals surface area contributed by atoms with Crippen LogP contribution < -0.4 is 0 Å². The molecule has 4 atom stereocenters. The first-order chi connectivity index (χ1) is 5.50. The zero-order chi connectivity index (χ0) is 9.35. The van der Waals surface area contributed by atoms with E-state index < -0.39 is 37.4 Å². The van der Waals surface area contributed by atoms with Gasteiger partial charge < -0.3 is 25.2 Å². The van der Waals surface area contributed by atoms with Crippen LogP contribution in [0.15, 0.2) is 0 Å². The molecule has 72 valence electrons. The summed E-state index contributed by atoms with van der Waals surface area (Å²) in [7, 11) is 0. The van der Waals surface area contributed by atoms with Gasteiger partial charge in [-0.25, -0.2) is 4.39 Å². The molecular weight excluding hydrogens is 171 g/mol. The van der Waals surface area contributed by atoms with E-state index in [1.165, 1.54) is 0 Å². The monoisotopic (exact) mass is 182 g/mol. The second-order valence-electron chi connectivity index (χ2n) is 2.74. The molecule has 0 aromatic rings. The first-order valence-corrected chi connectivity index (χ1v) is 3.50. The van der Waals surface area contributed by atoms with E-state index in [0.29, 0.717) is 0 Å². The van der Waals surface area contributed by atoms with Crippen molar-refractivity contribution in [1.29, 1.82) is 0 Å². The van der Waals surface area contributed by atoms with Crippen LogP contribution >= 0.6 is 0 Å². The normalized spacial score (nSPS) is 49.2. The van der Waals surface area contributed by atoms with E-state index in [1.54, 1.807) is 0 Å². The lowest BCUT2D eigenvalue weighted by molar-refractivity contribution is -0.299. The van der Waals surface area contributed by atoms with Crippen molar-refractivity contribution in [1.82, 2.24) is 0 Å². The van der Waals surface area contributed by atoms with Gasteiger partial charge in [-0.05, 0) is 0 Å². The first kappa shape index (κ1) is 9.82. The van der Waals surface area contributed by atoms with Crippen molar-refractivity contribution in [2.24, 2.45) is 0 Å². The molecule has 0 saturated carbocycles. The maximum atomic E-state index is 13.0. The molecule has 4 N–H and O–H groups in total. The fourth-order valence-electron chi connectivity index (χ4n) is 1.03. The number of halogens is 1. The average Bonchev–Trinajstić information content (AvgIpc) is 2.02.